The SMILES string of the molecule is Cn1c(-c2ccccc2)nn(C[NH+]2CCC[C@H]2c2cccs2)c1=S. The third kappa shape index (κ3) is 2.85. The Morgan fingerprint density at radius 2 is 2.08 bits per heavy atom. The molecule has 0 amide bonds. The molecule has 1 aliphatic heterocycles. The first-order valence-electron chi connectivity index (χ1n) is 8.31. The van der Waals surface area contributed by atoms with Crippen LogP contribution in [0.25, 0.3) is 11.4 Å². The zero-order chi connectivity index (χ0) is 16.5. The summed E-state index contributed by atoms with van der Waals surface area (Å²) in [6.45, 7) is 2.02. The van der Waals surface area contributed by atoms with Gasteiger partial charge in [-0.05, 0) is 23.7 Å². The molecule has 0 aliphatic carbocycles. The molecule has 1 N–H and O–H groups in total. The number of hydrogen-bond acceptors (Lipinski definition) is 3. The van der Waals surface area contributed by atoms with Crippen LogP contribution in [0.15, 0.2) is 47.8 Å². The Morgan fingerprint density at radius 1 is 1.25 bits per heavy atom. The molecule has 0 spiro atoms. The topological polar surface area (TPSA) is 27.2 Å². The molecule has 3 aromatic rings. The van der Waals surface area contributed by atoms with Crippen molar-refractivity contribution in [3.05, 3.63) is 57.5 Å². The molecule has 1 unspecified atom stereocenters. The van der Waals surface area contributed by atoms with Crippen molar-refractivity contribution in [1.82, 2.24) is 14.3 Å². The average molecular weight is 358 g/mol. The summed E-state index contributed by atoms with van der Waals surface area (Å²) in [4.78, 5) is 3.04. The van der Waals surface area contributed by atoms with E-state index >= 15 is 0 Å². The maximum atomic E-state index is 5.64. The van der Waals surface area contributed by atoms with Crippen molar-refractivity contribution in [3.8, 4) is 11.4 Å². The smallest absolute Gasteiger partial charge is 0.202 e. The second-order valence-corrected chi connectivity index (χ2v) is 7.65. The molecular formula is C18H21N4S2+. The van der Waals surface area contributed by atoms with Crippen LogP contribution in [-0.2, 0) is 13.7 Å². The van der Waals surface area contributed by atoms with Crippen LogP contribution in [0.5, 0.6) is 0 Å². The lowest BCUT2D eigenvalue weighted by molar-refractivity contribution is -0.941. The van der Waals surface area contributed by atoms with E-state index in [0.29, 0.717) is 6.04 Å². The summed E-state index contributed by atoms with van der Waals surface area (Å²) in [5.41, 5.74) is 1.11. The lowest BCUT2D eigenvalue weighted by Crippen LogP contribution is -3.09. The molecule has 1 fully saturated rings. The predicted molar refractivity (Wildman–Crippen MR) is 99.6 cm³/mol. The molecule has 1 aliphatic rings. The number of aromatic nitrogens is 3. The molecule has 0 radical (unpaired) electrons. The number of nitrogens with zero attached hydrogens (tertiary/aromatic N) is 3. The number of likely N-dealkylation sites (tertiary alicyclic amines) is 1. The van der Waals surface area contributed by atoms with Crippen LogP contribution in [0.3, 0.4) is 0 Å². The van der Waals surface area contributed by atoms with Gasteiger partial charge in [0, 0.05) is 25.5 Å². The summed E-state index contributed by atoms with van der Waals surface area (Å²) in [6.07, 6.45) is 2.52. The molecule has 0 bridgehead atoms. The lowest BCUT2D eigenvalue weighted by Gasteiger charge is -2.20. The first-order valence-corrected chi connectivity index (χ1v) is 9.60. The van der Waals surface area contributed by atoms with Gasteiger partial charge in [0.2, 0.25) is 4.77 Å². The number of nitrogens with one attached hydrogen (secondary N) is 1. The fourth-order valence-corrected chi connectivity index (χ4v) is 4.67. The van der Waals surface area contributed by atoms with Crippen LogP contribution in [0.4, 0.5) is 0 Å². The second kappa shape index (κ2) is 6.63. The highest BCUT2D eigenvalue weighted by atomic mass is 32.1. The van der Waals surface area contributed by atoms with Crippen molar-refractivity contribution in [1.29, 1.82) is 0 Å². The highest BCUT2D eigenvalue weighted by Crippen LogP contribution is 2.23. The lowest BCUT2D eigenvalue weighted by atomic mass is 10.2. The van der Waals surface area contributed by atoms with Crippen molar-refractivity contribution < 1.29 is 4.90 Å². The largest absolute Gasteiger partial charge is 0.309 e. The highest BCUT2D eigenvalue weighted by molar-refractivity contribution is 7.71. The van der Waals surface area contributed by atoms with Gasteiger partial charge in [-0.15, -0.1) is 16.4 Å². The molecule has 0 saturated carbocycles. The minimum atomic E-state index is 0.578. The van der Waals surface area contributed by atoms with Crippen LogP contribution in [-0.4, -0.2) is 20.9 Å². The monoisotopic (exact) mass is 357 g/mol. The Morgan fingerprint density at radius 3 is 2.83 bits per heavy atom. The molecule has 1 aromatic carbocycles. The van der Waals surface area contributed by atoms with Crippen molar-refractivity contribution >= 4 is 23.6 Å². The highest BCUT2D eigenvalue weighted by Gasteiger charge is 2.31. The molecule has 3 heterocycles. The van der Waals surface area contributed by atoms with Gasteiger partial charge in [0.25, 0.3) is 0 Å². The van der Waals surface area contributed by atoms with E-state index in [0.717, 1.165) is 22.8 Å². The van der Waals surface area contributed by atoms with E-state index in [1.165, 1.54) is 24.3 Å². The maximum absolute atomic E-state index is 5.64. The van der Waals surface area contributed by atoms with Gasteiger partial charge in [-0.3, -0.25) is 0 Å². The van der Waals surface area contributed by atoms with Crippen LogP contribution < -0.4 is 4.90 Å². The van der Waals surface area contributed by atoms with Gasteiger partial charge >= 0.3 is 0 Å². The predicted octanol–water partition coefficient (Wildman–Crippen LogP) is 3.06. The quantitative estimate of drug-likeness (QED) is 0.727. The van der Waals surface area contributed by atoms with E-state index in [2.05, 4.69) is 29.6 Å². The third-order valence-corrected chi connectivity index (χ3v) is 6.27. The van der Waals surface area contributed by atoms with E-state index in [1.54, 1.807) is 4.90 Å². The van der Waals surface area contributed by atoms with E-state index in [9.17, 15) is 0 Å². The third-order valence-electron chi connectivity index (χ3n) is 4.80. The molecular weight excluding hydrogens is 336 g/mol. The summed E-state index contributed by atoms with van der Waals surface area (Å²) in [5.74, 6) is 0.937. The molecule has 24 heavy (non-hydrogen) atoms. The number of thiophene rings is 1. The van der Waals surface area contributed by atoms with Crippen molar-refractivity contribution in [2.24, 2.45) is 7.05 Å². The Hall–Kier alpha value is -1.76. The average Bonchev–Trinajstić information content (AvgIpc) is 3.33. The van der Waals surface area contributed by atoms with E-state index in [4.69, 9.17) is 17.3 Å². The first-order chi connectivity index (χ1) is 11.7. The van der Waals surface area contributed by atoms with E-state index < -0.39 is 0 Å². The number of rotatable bonds is 4. The van der Waals surface area contributed by atoms with Gasteiger partial charge in [-0.2, -0.15) is 4.68 Å². The standard InChI is InChI=1S/C18H20N4S2/c1-20-17(14-7-3-2-4-8-14)19-22(18(20)23)13-21-11-5-9-15(21)16-10-6-12-24-16/h2-4,6-8,10,12,15H,5,9,11,13H2,1H3/p+1/t15-/m0/s1. The van der Waals surface area contributed by atoms with Crippen LogP contribution in [0.2, 0.25) is 0 Å². The zero-order valence-electron chi connectivity index (χ0n) is 13.7. The molecule has 4 nitrogen and oxygen atoms in total. The minimum Gasteiger partial charge on any atom is -0.309 e. The van der Waals surface area contributed by atoms with Crippen molar-refractivity contribution in [2.45, 2.75) is 25.6 Å². The van der Waals surface area contributed by atoms with Crippen molar-refractivity contribution in [3.63, 3.8) is 0 Å². The van der Waals surface area contributed by atoms with Gasteiger partial charge in [-0.25, -0.2) is 0 Å². The fourth-order valence-electron chi connectivity index (χ4n) is 3.56. The Bertz CT molecular complexity index is 864. The van der Waals surface area contributed by atoms with Crippen molar-refractivity contribution in [2.75, 3.05) is 6.54 Å². The number of hydrogen-bond donors (Lipinski definition) is 1. The fraction of sp³-hybridized carbons (Fsp3) is 0.333. The molecule has 1 saturated heterocycles. The maximum Gasteiger partial charge on any atom is 0.202 e. The van der Waals surface area contributed by atoms with Crippen LogP contribution >= 0.6 is 23.6 Å². The summed E-state index contributed by atoms with van der Waals surface area (Å²) in [7, 11) is 2.00. The number of quaternary nitrogens is 1. The summed E-state index contributed by atoms with van der Waals surface area (Å²) in [6, 6.07) is 15.2. The Kier molecular flexibility index (Phi) is 4.35. The normalized spacial score (nSPS) is 20.5. The van der Waals surface area contributed by atoms with Gasteiger partial charge in [0.05, 0.1) is 11.4 Å². The molecule has 124 valence electrons. The second-order valence-electron chi connectivity index (χ2n) is 6.31. The summed E-state index contributed by atoms with van der Waals surface area (Å²) in [5, 5.41) is 6.99. The summed E-state index contributed by atoms with van der Waals surface area (Å²) >= 11 is 7.50. The van der Waals surface area contributed by atoms with Gasteiger partial charge in [-0.1, -0.05) is 36.4 Å². The van der Waals surface area contributed by atoms with Gasteiger partial charge in [0.15, 0.2) is 12.5 Å². The zero-order valence-corrected chi connectivity index (χ0v) is 15.3. The number of benzene rings is 1. The molecule has 6 heteroatoms. The molecule has 2 aromatic heterocycles. The first kappa shape index (κ1) is 15.7. The Balaban J connectivity index is 1.62. The van der Waals surface area contributed by atoms with Crippen LogP contribution in [0.1, 0.15) is 23.8 Å². The van der Waals surface area contributed by atoms with Gasteiger partial charge < -0.3 is 9.47 Å². The molecule has 4 rings (SSSR count). The van der Waals surface area contributed by atoms with Crippen LogP contribution in [0, 0.1) is 4.77 Å². The summed E-state index contributed by atoms with van der Waals surface area (Å²) < 4.78 is 4.80. The Labute approximate surface area is 151 Å². The van der Waals surface area contributed by atoms with E-state index in [1.807, 2.05) is 45.8 Å². The molecule has 2 atom stereocenters. The van der Waals surface area contributed by atoms with E-state index in [-0.39, 0.29) is 0 Å². The van der Waals surface area contributed by atoms with Gasteiger partial charge in [0.1, 0.15) is 6.04 Å². The minimum absolute atomic E-state index is 0.578.